The average Bonchev–Trinajstić information content (AvgIpc) is 3.40. The van der Waals surface area contributed by atoms with Crippen LogP contribution in [0.5, 0.6) is 0 Å². The van der Waals surface area contributed by atoms with Crippen LogP contribution >= 0.6 is 0 Å². The minimum atomic E-state index is -0.770. The van der Waals surface area contributed by atoms with Gasteiger partial charge in [0.2, 0.25) is 0 Å². The molecule has 0 fully saturated rings. The molecule has 1 atom stereocenters. The third-order valence-electron chi connectivity index (χ3n) is 15.2. The van der Waals surface area contributed by atoms with Gasteiger partial charge in [0, 0.05) is 19.3 Å². The van der Waals surface area contributed by atoms with E-state index in [9.17, 15) is 14.4 Å². The number of allylic oxidation sites excluding steroid dienone is 4. The molecule has 0 aromatic carbocycles. The van der Waals surface area contributed by atoms with E-state index >= 15 is 0 Å². The molecule has 436 valence electrons. The predicted octanol–water partition coefficient (Wildman–Crippen LogP) is 22.6. The molecule has 0 saturated heterocycles. The van der Waals surface area contributed by atoms with Gasteiger partial charge in [0.05, 0.1) is 0 Å². The van der Waals surface area contributed by atoms with Gasteiger partial charge in [-0.2, -0.15) is 0 Å². The first-order valence-electron chi connectivity index (χ1n) is 33.3. The van der Waals surface area contributed by atoms with Crippen LogP contribution in [0.15, 0.2) is 24.3 Å². The molecule has 0 rings (SSSR count). The zero-order chi connectivity index (χ0) is 53.6. The molecule has 0 aromatic rings. The van der Waals surface area contributed by atoms with Crippen LogP contribution in [0.3, 0.4) is 0 Å². The Labute approximate surface area is 462 Å². The Kier molecular flexibility index (Phi) is 61.6. The zero-order valence-corrected chi connectivity index (χ0v) is 50.1. The van der Waals surface area contributed by atoms with Gasteiger partial charge in [0.15, 0.2) is 6.10 Å². The molecule has 0 radical (unpaired) electrons. The highest BCUT2D eigenvalue weighted by molar-refractivity contribution is 5.71. The Morgan fingerprint density at radius 3 is 0.689 bits per heavy atom. The molecule has 0 amide bonds. The number of unbranched alkanes of at least 4 members (excludes halogenated alkanes) is 47. The smallest absolute Gasteiger partial charge is 0.306 e. The van der Waals surface area contributed by atoms with Crippen LogP contribution in [-0.2, 0) is 28.6 Å². The highest BCUT2D eigenvalue weighted by Gasteiger charge is 2.19. The molecule has 0 aromatic heterocycles. The van der Waals surface area contributed by atoms with E-state index in [-0.39, 0.29) is 31.1 Å². The molecule has 0 spiro atoms. The summed E-state index contributed by atoms with van der Waals surface area (Å²) in [4.78, 5) is 38.1. The molecular weight excluding hydrogens is 913 g/mol. The molecule has 0 bridgehead atoms. The minimum Gasteiger partial charge on any atom is -0.462 e. The normalized spacial score (nSPS) is 12.1. The lowest BCUT2D eigenvalue weighted by Gasteiger charge is -2.18. The summed E-state index contributed by atoms with van der Waals surface area (Å²) in [5.74, 6) is -0.857. The van der Waals surface area contributed by atoms with Gasteiger partial charge in [-0.1, -0.05) is 308 Å². The van der Waals surface area contributed by atoms with Gasteiger partial charge in [0.25, 0.3) is 0 Å². The van der Waals surface area contributed by atoms with E-state index < -0.39 is 6.10 Å². The van der Waals surface area contributed by atoms with Crippen molar-refractivity contribution in [3.05, 3.63) is 24.3 Å². The van der Waals surface area contributed by atoms with Crippen LogP contribution in [0.1, 0.15) is 374 Å². The molecule has 1 unspecified atom stereocenters. The van der Waals surface area contributed by atoms with Crippen molar-refractivity contribution in [2.75, 3.05) is 13.2 Å². The Bertz CT molecular complexity index is 1190. The minimum absolute atomic E-state index is 0.0689. The fraction of sp³-hybridized carbons (Fsp3) is 0.897. The zero-order valence-electron chi connectivity index (χ0n) is 50.1. The molecule has 74 heavy (non-hydrogen) atoms. The summed E-state index contributed by atoms with van der Waals surface area (Å²) in [6.45, 7) is 6.66. The monoisotopic (exact) mass is 1040 g/mol. The first kappa shape index (κ1) is 71.9. The van der Waals surface area contributed by atoms with E-state index in [1.807, 2.05) is 0 Å². The van der Waals surface area contributed by atoms with Crippen molar-refractivity contribution >= 4 is 17.9 Å². The number of carbonyl (C=O) groups excluding carboxylic acids is 3. The average molecular weight is 1040 g/mol. The Balaban J connectivity index is 3.98. The number of ether oxygens (including phenoxy) is 3. The second-order valence-corrected chi connectivity index (χ2v) is 22.7. The van der Waals surface area contributed by atoms with E-state index in [4.69, 9.17) is 14.2 Å². The maximum absolute atomic E-state index is 12.8. The van der Waals surface area contributed by atoms with Gasteiger partial charge in [-0.3, -0.25) is 14.4 Å². The summed E-state index contributed by atoms with van der Waals surface area (Å²) in [6, 6.07) is 0. The third-order valence-corrected chi connectivity index (χ3v) is 15.2. The van der Waals surface area contributed by atoms with Crippen molar-refractivity contribution in [2.24, 2.45) is 0 Å². The van der Waals surface area contributed by atoms with E-state index in [2.05, 4.69) is 45.1 Å². The maximum Gasteiger partial charge on any atom is 0.306 e. The third kappa shape index (κ3) is 60.8. The largest absolute Gasteiger partial charge is 0.462 e. The summed E-state index contributed by atoms with van der Waals surface area (Å²) in [6.07, 6.45) is 76.6. The highest BCUT2D eigenvalue weighted by Crippen LogP contribution is 2.18. The highest BCUT2D eigenvalue weighted by atomic mass is 16.6. The SMILES string of the molecule is CCCCCC/C=C\CCCCCCCC(=O)OC(COC(=O)CCCCCCCCCCCC)COC(=O)CCCCCCCCCCCCCCCCCCCCCCC/C=C\CCCCCCCCCC. The Morgan fingerprint density at radius 1 is 0.257 bits per heavy atom. The van der Waals surface area contributed by atoms with Crippen LogP contribution in [0, 0.1) is 0 Å². The molecule has 6 nitrogen and oxygen atoms in total. The first-order chi connectivity index (χ1) is 36.5. The quantitative estimate of drug-likeness (QED) is 0.0261. The lowest BCUT2D eigenvalue weighted by molar-refractivity contribution is -0.167. The van der Waals surface area contributed by atoms with E-state index in [0.29, 0.717) is 19.3 Å². The number of hydrogen-bond acceptors (Lipinski definition) is 6. The topological polar surface area (TPSA) is 78.9 Å². The van der Waals surface area contributed by atoms with Gasteiger partial charge in [-0.15, -0.1) is 0 Å². The Hall–Kier alpha value is -2.11. The summed E-state index contributed by atoms with van der Waals surface area (Å²) >= 11 is 0. The van der Waals surface area contributed by atoms with Crippen LogP contribution in [0.2, 0.25) is 0 Å². The van der Waals surface area contributed by atoms with Crippen molar-refractivity contribution in [3.8, 4) is 0 Å². The molecule has 0 heterocycles. The van der Waals surface area contributed by atoms with E-state index in [1.165, 1.54) is 270 Å². The van der Waals surface area contributed by atoms with Crippen molar-refractivity contribution in [3.63, 3.8) is 0 Å². The van der Waals surface area contributed by atoms with Gasteiger partial charge >= 0.3 is 17.9 Å². The van der Waals surface area contributed by atoms with Crippen LogP contribution in [0.25, 0.3) is 0 Å². The molecule has 0 aliphatic heterocycles. The molecule has 0 saturated carbocycles. The van der Waals surface area contributed by atoms with Crippen LogP contribution in [0.4, 0.5) is 0 Å². The van der Waals surface area contributed by atoms with Gasteiger partial charge in [-0.25, -0.2) is 0 Å². The summed E-state index contributed by atoms with van der Waals surface area (Å²) in [5, 5.41) is 0. The number of hydrogen-bond donors (Lipinski definition) is 0. The Morgan fingerprint density at radius 2 is 0.446 bits per heavy atom. The van der Waals surface area contributed by atoms with Crippen molar-refractivity contribution in [1.29, 1.82) is 0 Å². The van der Waals surface area contributed by atoms with E-state index in [0.717, 1.165) is 64.2 Å². The number of esters is 3. The van der Waals surface area contributed by atoms with Crippen molar-refractivity contribution < 1.29 is 28.6 Å². The van der Waals surface area contributed by atoms with Crippen LogP contribution in [-0.4, -0.2) is 37.2 Å². The van der Waals surface area contributed by atoms with Gasteiger partial charge in [-0.05, 0) is 70.6 Å². The standard InChI is InChI=1S/C68H128O6/c1-4-7-10-13-16-19-22-24-25-26-27-28-29-30-31-32-33-34-35-36-37-38-39-40-41-42-43-45-46-49-52-55-58-61-67(70)73-64-65(63-72-66(69)60-57-54-51-48-21-18-15-12-9-6-3)74-68(71)62-59-56-53-50-47-44-23-20-17-14-11-8-5-2/h20,23,26-27,65H,4-19,21-22,24-25,28-64H2,1-3H3/b23-20-,27-26-. The second-order valence-electron chi connectivity index (χ2n) is 22.7. The molecule has 0 N–H and O–H groups in total. The molecule has 6 heteroatoms. The second kappa shape index (κ2) is 63.4. The first-order valence-corrected chi connectivity index (χ1v) is 33.3. The molecule has 0 aliphatic carbocycles. The van der Waals surface area contributed by atoms with Crippen molar-refractivity contribution in [2.45, 2.75) is 380 Å². The summed E-state index contributed by atoms with van der Waals surface area (Å²) in [5.41, 5.74) is 0. The van der Waals surface area contributed by atoms with Crippen molar-refractivity contribution in [1.82, 2.24) is 0 Å². The number of rotatable bonds is 62. The molecule has 0 aliphatic rings. The van der Waals surface area contributed by atoms with E-state index in [1.54, 1.807) is 0 Å². The van der Waals surface area contributed by atoms with Gasteiger partial charge in [0.1, 0.15) is 13.2 Å². The number of carbonyl (C=O) groups is 3. The van der Waals surface area contributed by atoms with Crippen LogP contribution < -0.4 is 0 Å². The van der Waals surface area contributed by atoms with Gasteiger partial charge < -0.3 is 14.2 Å². The fourth-order valence-electron chi connectivity index (χ4n) is 10.1. The summed E-state index contributed by atoms with van der Waals surface area (Å²) < 4.78 is 16.9. The molecular formula is C68H128O6. The lowest BCUT2D eigenvalue weighted by atomic mass is 10.0. The predicted molar refractivity (Wildman–Crippen MR) is 321 cm³/mol. The summed E-state index contributed by atoms with van der Waals surface area (Å²) in [7, 11) is 0. The maximum atomic E-state index is 12.8. The fourth-order valence-corrected chi connectivity index (χ4v) is 10.1. The lowest BCUT2D eigenvalue weighted by Crippen LogP contribution is -2.30.